The molecule has 2 N–H and O–H groups in total. The fourth-order valence-electron chi connectivity index (χ4n) is 2.25. The van der Waals surface area contributed by atoms with Crippen LogP contribution in [0.2, 0.25) is 0 Å². The Bertz CT molecular complexity index is 810. The first-order valence-electron chi connectivity index (χ1n) is 8.04. The maximum absolute atomic E-state index is 12.9. The molecule has 0 bridgehead atoms. The van der Waals surface area contributed by atoms with E-state index in [0.717, 1.165) is 24.1 Å². The zero-order valence-corrected chi connectivity index (χ0v) is 13.8. The number of rotatable bonds is 5. The van der Waals surface area contributed by atoms with Crippen LogP contribution in [0.3, 0.4) is 0 Å². The summed E-state index contributed by atoms with van der Waals surface area (Å²) < 4.78 is 12.9. The number of nitrogens with one attached hydrogen (secondary N) is 2. The highest BCUT2D eigenvalue weighted by Crippen LogP contribution is 2.30. The molecule has 0 heterocycles. The van der Waals surface area contributed by atoms with E-state index in [1.807, 2.05) is 12.1 Å². The van der Waals surface area contributed by atoms with Gasteiger partial charge in [-0.15, -0.1) is 0 Å². The first kappa shape index (κ1) is 16.8. The van der Waals surface area contributed by atoms with E-state index >= 15 is 0 Å². The van der Waals surface area contributed by atoms with Crippen molar-refractivity contribution >= 4 is 23.2 Å². The Kier molecular flexibility index (Phi) is 4.88. The van der Waals surface area contributed by atoms with Crippen LogP contribution in [-0.4, -0.2) is 17.5 Å². The van der Waals surface area contributed by atoms with Crippen LogP contribution >= 0.6 is 0 Å². The van der Waals surface area contributed by atoms with Crippen LogP contribution < -0.4 is 10.7 Å². The summed E-state index contributed by atoms with van der Waals surface area (Å²) in [5.41, 5.74) is 4.96. The summed E-state index contributed by atoms with van der Waals surface area (Å²) in [5, 5.41) is 6.93. The molecule has 0 radical (unpaired) electrons. The van der Waals surface area contributed by atoms with Crippen molar-refractivity contribution in [2.24, 2.45) is 11.0 Å². The van der Waals surface area contributed by atoms with Crippen LogP contribution in [0, 0.1) is 11.7 Å². The summed E-state index contributed by atoms with van der Waals surface area (Å²) in [6.07, 6.45) is 1.92. The summed E-state index contributed by atoms with van der Waals surface area (Å²) in [7, 11) is 0. The Hall–Kier alpha value is -3.02. The van der Waals surface area contributed by atoms with Crippen LogP contribution in [0.15, 0.2) is 53.6 Å². The monoisotopic (exact) mass is 339 g/mol. The number of hydrazone groups is 1. The molecule has 0 spiro atoms. The number of hydrogen-bond acceptors (Lipinski definition) is 3. The van der Waals surface area contributed by atoms with E-state index in [9.17, 15) is 14.0 Å². The second-order valence-electron chi connectivity index (χ2n) is 5.99. The van der Waals surface area contributed by atoms with Gasteiger partial charge in [0.2, 0.25) is 5.91 Å². The summed E-state index contributed by atoms with van der Waals surface area (Å²) in [5.74, 6) is -0.591. The molecule has 0 aromatic heterocycles. The van der Waals surface area contributed by atoms with Gasteiger partial charge in [-0.3, -0.25) is 9.59 Å². The van der Waals surface area contributed by atoms with Gasteiger partial charge in [0.25, 0.3) is 5.91 Å². The van der Waals surface area contributed by atoms with Crippen LogP contribution in [-0.2, 0) is 4.79 Å². The fourth-order valence-corrected chi connectivity index (χ4v) is 2.25. The van der Waals surface area contributed by atoms with E-state index in [0.29, 0.717) is 11.3 Å². The van der Waals surface area contributed by atoms with Crippen molar-refractivity contribution in [2.75, 3.05) is 5.32 Å². The molecule has 2 aromatic carbocycles. The van der Waals surface area contributed by atoms with Gasteiger partial charge in [-0.2, -0.15) is 5.10 Å². The average molecular weight is 339 g/mol. The van der Waals surface area contributed by atoms with Gasteiger partial charge in [0.05, 0.1) is 5.71 Å². The van der Waals surface area contributed by atoms with E-state index in [4.69, 9.17) is 0 Å². The number of carbonyl (C=O) groups excluding carboxylic acids is 2. The Balaban J connectivity index is 1.60. The van der Waals surface area contributed by atoms with Gasteiger partial charge >= 0.3 is 0 Å². The lowest BCUT2D eigenvalue weighted by Crippen LogP contribution is -2.19. The lowest BCUT2D eigenvalue weighted by molar-refractivity contribution is -0.117. The number of nitrogens with zero attached hydrogens (tertiary/aromatic N) is 1. The summed E-state index contributed by atoms with van der Waals surface area (Å²) in [4.78, 5) is 23.7. The van der Waals surface area contributed by atoms with Gasteiger partial charge in [0.15, 0.2) is 0 Å². The molecular weight excluding hydrogens is 321 g/mol. The van der Waals surface area contributed by atoms with E-state index in [1.165, 1.54) is 24.3 Å². The van der Waals surface area contributed by atoms with Gasteiger partial charge in [0.1, 0.15) is 5.82 Å². The number of anilines is 1. The zero-order chi connectivity index (χ0) is 17.8. The number of halogens is 1. The summed E-state index contributed by atoms with van der Waals surface area (Å²) >= 11 is 0. The van der Waals surface area contributed by atoms with Crippen molar-refractivity contribution in [3.63, 3.8) is 0 Å². The molecule has 6 heteroatoms. The molecule has 1 aliphatic rings. The molecule has 3 rings (SSSR count). The molecule has 1 aliphatic carbocycles. The molecule has 2 aromatic rings. The fraction of sp³-hybridized carbons (Fsp3) is 0.211. The highest BCUT2D eigenvalue weighted by molar-refractivity contribution is 6.01. The van der Waals surface area contributed by atoms with E-state index < -0.39 is 11.7 Å². The molecule has 128 valence electrons. The van der Waals surface area contributed by atoms with Gasteiger partial charge in [-0.05, 0) is 61.7 Å². The summed E-state index contributed by atoms with van der Waals surface area (Å²) in [6, 6.07) is 12.5. The Morgan fingerprint density at radius 1 is 1.00 bits per heavy atom. The molecule has 0 atom stereocenters. The molecule has 0 saturated heterocycles. The Labute approximate surface area is 144 Å². The highest BCUT2D eigenvalue weighted by atomic mass is 19.1. The maximum atomic E-state index is 12.9. The predicted molar refractivity (Wildman–Crippen MR) is 93.9 cm³/mol. The third kappa shape index (κ3) is 4.50. The average Bonchev–Trinajstić information content (AvgIpc) is 3.46. The van der Waals surface area contributed by atoms with E-state index in [2.05, 4.69) is 15.8 Å². The first-order chi connectivity index (χ1) is 12.0. The first-order valence-corrected chi connectivity index (χ1v) is 8.04. The Morgan fingerprint density at radius 3 is 2.20 bits per heavy atom. The molecular formula is C19H18FN3O2. The van der Waals surface area contributed by atoms with Crippen LogP contribution in [0.5, 0.6) is 0 Å². The van der Waals surface area contributed by atoms with Crippen molar-refractivity contribution in [3.8, 4) is 0 Å². The molecule has 0 unspecified atom stereocenters. The number of hydrogen-bond donors (Lipinski definition) is 2. The minimum Gasteiger partial charge on any atom is -0.326 e. The highest BCUT2D eigenvalue weighted by Gasteiger charge is 2.29. The van der Waals surface area contributed by atoms with Crippen molar-refractivity contribution < 1.29 is 14.0 Å². The minimum absolute atomic E-state index is 0.0599. The molecule has 1 fully saturated rings. The molecule has 1 saturated carbocycles. The van der Waals surface area contributed by atoms with Crippen molar-refractivity contribution in [1.82, 2.24) is 5.43 Å². The second kappa shape index (κ2) is 7.25. The largest absolute Gasteiger partial charge is 0.326 e. The lowest BCUT2D eigenvalue weighted by Gasteiger charge is -2.06. The molecule has 25 heavy (non-hydrogen) atoms. The van der Waals surface area contributed by atoms with Gasteiger partial charge in [-0.25, -0.2) is 9.82 Å². The van der Waals surface area contributed by atoms with Gasteiger partial charge in [0, 0.05) is 17.2 Å². The smallest absolute Gasteiger partial charge is 0.271 e. The summed E-state index contributed by atoms with van der Waals surface area (Å²) in [6.45, 7) is 1.77. The van der Waals surface area contributed by atoms with E-state index in [1.54, 1.807) is 19.1 Å². The topological polar surface area (TPSA) is 70.6 Å². The van der Waals surface area contributed by atoms with Gasteiger partial charge < -0.3 is 5.32 Å². The number of amides is 2. The number of carbonyl (C=O) groups is 2. The van der Waals surface area contributed by atoms with Crippen LogP contribution in [0.4, 0.5) is 10.1 Å². The predicted octanol–water partition coefficient (Wildman–Crippen LogP) is 3.33. The second-order valence-corrected chi connectivity index (χ2v) is 5.99. The third-order valence-electron chi connectivity index (χ3n) is 3.95. The zero-order valence-electron chi connectivity index (χ0n) is 13.8. The quantitative estimate of drug-likeness (QED) is 0.648. The standard InChI is InChI=1S/C19H18FN3O2/c1-12(22-23-19(25)15-4-8-16(20)9-5-15)13-6-10-17(11-7-13)21-18(24)14-2-3-14/h4-11,14H,2-3H2,1H3,(H,21,24)(H,23,25)/b22-12+. The molecule has 0 aliphatic heterocycles. The SMILES string of the molecule is C/C(=N\NC(=O)c1ccc(F)cc1)c1ccc(NC(=O)C2CC2)cc1. The van der Waals surface area contributed by atoms with Crippen molar-refractivity contribution in [3.05, 3.63) is 65.5 Å². The van der Waals surface area contributed by atoms with E-state index in [-0.39, 0.29) is 11.8 Å². The van der Waals surface area contributed by atoms with Crippen LogP contribution in [0.1, 0.15) is 35.7 Å². The number of benzene rings is 2. The Morgan fingerprint density at radius 2 is 1.60 bits per heavy atom. The normalized spacial score (nSPS) is 14.1. The molecule has 2 amide bonds. The van der Waals surface area contributed by atoms with Crippen molar-refractivity contribution in [2.45, 2.75) is 19.8 Å². The van der Waals surface area contributed by atoms with Crippen LogP contribution in [0.25, 0.3) is 0 Å². The lowest BCUT2D eigenvalue weighted by atomic mass is 10.1. The maximum Gasteiger partial charge on any atom is 0.271 e. The minimum atomic E-state index is -0.410. The molecule has 5 nitrogen and oxygen atoms in total. The van der Waals surface area contributed by atoms with Gasteiger partial charge in [-0.1, -0.05) is 12.1 Å². The van der Waals surface area contributed by atoms with Crippen molar-refractivity contribution in [1.29, 1.82) is 0 Å². The third-order valence-corrected chi connectivity index (χ3v) is 3.95.